The fraction of sp³-hybridized carbons (Fsp3) is 0.600. The van der Waals surface area contributed by atoms with Gasteiger partial charge in [0.15, 0.2) is 0 Å². The molecule has 0 unspecified atom stereocenters. The van der Waals surface area contributed by atoms with Crippen LogP contribution in [-0.2, 0) is 36.2 Å². The van der Waals surface area contributed by atoms with E-state index in [4.69, 9.17) is 20.4 Å². The van der Waals surface area contributed by atoms with Crippen LogP contribution in [0.15, 0.2) is 0 Å². The van der Waals surface area contributed by atoms with Crippen LogP contribution >= 0.6 is 0 Å². The monoisotopic (exact) mass is 395 g/mol. The molecule has 10 nitrogen and oxygen atoms in total. The molecule has 0 heterocycles. The molecule has 0 aromatic heterocycles. The molecule has 23 heavy (non-hydrogen) atoms. The Morgan fingerprint density at radius 2 is 0.783 bits per heavy atom. The van der Waals surface area contributed by atoms with Gasteiger partial charge in [-0.05, 0) is 0 Å². The van der Waals surface area contributed by atoms with Crippen LogP contribution in [-0.4, -0.2) is 93.4 Å². The molecular formula is C10H18MnN2Na2O8. The molecule has 0 aliphatic heterocycles. The maximum Gasteiger partial charge on any atom is 1.00 e. The maximum absolute atomic E-state index is 10.6. The number of carboxylic acid groups (broad SMARTS) is 4. The second-order valence-corrected chi connectivity index (χ2v) is 4.00. The molecule has 0 atom stereocenters. The third-order valence-corrected chi connectivity index (χ3v) is 2.17. The van der Waals surface area contributed by atoms with Crippen LogP contribution < -0.4 is 59.1 Å². The van der Waals surface area contributed by atoms with Gasteiger partial charge in [-0.1, -0.05) is 0 Å². The van der Waals surface area contributed by atoms with Crippen molar-refractivity contribution in [3.63, 3.8) is 0 Å². The van der Waals surface area contributed by atoms with Crippen molar-refractivity contribution in [1.82, 2.24) is 9.80 Å². The second kappa shape index (κ2) is 17.2. The Balaban J connectivity index is -0.000000180. The molecule has 0 aromatic carbocycles. The van der Waals surface area contributed by atoms with Crippen molar-refractivity contribution in [3.8, 4) is 0 Å². The molecule has 0 bridgehead atoms. The fourth-order valence-electron chi connectivity index (χ4n) is 1.48. The maximum atomic E-state index is 10.6. The molecule has 0 saturated heterocycles. The van der Waals surface area contributed by atoms with E-state index in [-0.39, 0.29) is 92.1 Å². The van der Waals surface area contributed by atoms with Crippen LogP contribution in [0.3, 0.4) is 0 Å². The first-order chi connectivity index (χ1) is 9.20. The predicted molar refractivity (Wildman–Crippen MR) is 65.6 cm³/mol. The van der Waals surface area contributed by atoms with Crippen molar-refractivity contribution in [3.05, 3.63) is 0 Å². The first-order valence-electron chi connectivity index (χ1n) is 5.52. The minimum atomic E-state index is -1.23. The summed E-state index contributed by atoms with van der Waals surface area (Å²) >= 11 is 0. The van der Waals surface area contributed by atoms with Gasteiger partial charge in [-0.3, -0.25) is 29.0 Å². The molecule has 4 N–H and O–H groups in total. The van der Waals surface area contributed by atoms with Crippen LogP contribution in [0.1, 0.15) is 2.85 Å². The zero-order valence-corrected chi connectivity index (χ0v) is 18.1. The predicted octanol–water partition coefficient (Wildman–Crippen LogP) is -7.84. The van der Waals surface area contributed by atoms with Crippen LogP contribution in [0.4, 0.5) is 0 Å². The normalized spacial score (nSPS) is 9.30. The first kappa shape index (κ1) is 31.1. The van der Waals surface area contributed by atoms with Crippen LogP contribution in [0.25, 0.3) is 0 Å². The number of hydrogen-bond donors (Lipinski definition) is 4. The van der Waals surface area contributed by atoms with Gasteiger partial charge < -0.3 is 23.3 Å². The van der Waals surface area contributed by atoms with E-state index in [1.54, 1.807) is 0 Å². The third-order valence-electron chi connectivity index (χ3n) is 2.17. The standard InChI is InChI=1S/C10H16N2O8.Mn.2Na.2H/c13-7(14)3-11(4-8(15)16)1-2-12(5-9(17)18)6-10(19)20;;;;;/h1-6H2,(H,13,14)(H,15,16)(H,17,18)(H,19,20);;;;;/q;;2*+1;2*-1. The number of carboxylic acids is 4. The molecule has 0 amide bonds. The van der Waals surface area contributed by atoms with Crippen molar-refractivity contribution in [2.24, 2.45) is 0 Å². The summed E-state index contributed by atoms with van der Waals surface area (Å²) < 4.78 is 0. The molecule has 0 aliphatic rings. The Labute approximate surface area is 190 Å². The first-order valence-corrected chi connectivity index (χ1v) is 5.52. The van der Waals surface area contributed by atoms with E-state index in [9.17, 15) is 19.2 Å². The Hall–Kier alpha value is 0.319. The molecule has 1 radical (unpaired) electrons. The van der Waals surface area contributed by atoms with Gasteiger partial charge in [0.05, 0.1) is 26.2 Å². The summed E-state index contributed by atoms with van der Waals surface area (Å²) in [5.74, 6) is -4.91. The Bertz CT molecular complexity index is 341. The van der Waals surface area contributed by atoms with Crippen molar-refractivity contribution < 1.29 is 119 Å². The van der Waals surface area contributed by atoms with Crippen LogP contribution in [0, 0.1) is 0 Å². The van der Waals surface area contributed by atoms with Gasteiger partial charge in [-0.25, -0.2) is 0 Å². The summed E-state index contributed by atoms with van der Waals surface area (Å²) in [6.07, 6.45) is 0. The summed E-state index contributed by atoms with van der Waals surface area (Å²) in [6, 6.07) is 0. The van der Waals surface area contributed by atoms with Gasteiger partial charge in [0.25, 0.3) is 0 Å². The van der Waals surface area contributed by atoms with E-state index in [0.29, 0.717) is 0 Å². The van der Waals surface area contributed by atoms with Crippen molar-refractivity contribution in [2.45, 2.75) is 0 Å². The van der Waals surface area contributed by atoms with Gasteiger partial charge in [0.1, 0.15) is 0 Å². The van der Waals surface area contributed by atoms with E-state index in [0.717, 1.165) is 9.80 Å². The number of hydrogen-bond acceptors (Lipinski definition) is 6. The van der Waals surface area contributed by atoms with E-state index < -0.39 is 50.1 Å². The quantitative estimate of drug-likeness (QED) is 0.248. The summed E-state index contributed by atoms with van der Waals surface area (Å²) in [5.41, 5.74) is 0. The topological polar surface area (TPSA) is 156 Å². The molecule has 125 valence electrons. The van der Waals surface area contributed by atoms with Gasteiger partial charge in [0.2, 0.25) is 0 Å². The number of aliphatic carboxylic acids is 4. The second-order valence-electron chi connectivity index (χ2n) is 4.00. The van der Waals surface area contributed by atoms with Crippen molar-refractivity contribution in [1.29, 1.82) is 0 Å². The zero-order chi connectivity index (χ0) is 15.7. The van der Waals surface area contributed by atoms with Crippen LogP contribution in [0.5, 0.6) is 0 Å². The van der Waals surface area contributed by atoms with E-state index in [2.05, 4.69) is 0 Å². The van der Waals surface area contributed by atoms with E-state index >= 15 is 0 Å². The zero-order valence-electron chi connectivity index (χ0n) is 14.9. The summed E-state index contributed by atoms with van der Waals surface area (Å²) in [4.78, 5) is 44.4. The fourth-order valence-corrected chi connectivity index (χ4v) is 1.48. The molecular weight excluding hydrogens is 377 g/mol. The molecule has 0 spiro atoms. The summed E-state index contributed by atoms with van der Waals surface area (Å²) in [6.45, 7) is -2.25. The van der Waals surface area contributed by atoms with Gasteiger partial charge in [-0.2, -0.15) is 0 Å². The smallest absolute Gasteiger partial charge is 1.00 e. The molecule has 0 saturated carbocycles. The van der Waals surface area contributed by atoms with Crippen LogP contribution in [0.2, 0.25) is 0 Å². The van der Waals surface area contributed by atoms with Gasteiger partial charge in [0, 0.05) is 30.2 Å². The average molecular weight is 395 g/mol. The minimum Gasteiger partial charge on any atom is -1.00 e. The van der Waals surface area contributed by atoms with Crippen molar-refractivity contribution in [2.75, 3.05) is 39.3 Å². The number of nitrogens with zero attached hydrogens (tertiary/aromatic N) is 2. The Kier molecular flexibility index (Phi) is 23.2. The SMILES string of the molecule is O=C(O)CN(CCN(CC(=O)O)CC(=O)O)CC(=O)O.[H-].[H-].[Mn].[Na+].[Na+]. The Morgan fingerprint density at radius 1 is 0.609 bits per heavy atom. The Morgan fingerprint density at radius 3 is 0.913 bits per heavy atom. The summed E-state index contributed by atoms with van der Waals surface area (Å²) in [5, 5.41) is 34.5. The molecule has 0 aromatic rings. The van der Waals surface area contributed by atoms with E-state index in [1.807, 2.05) is 0 Å². The van der Waals surface area contributed by atoms with E-state index in [1.165, 1.54) is 0 Å². The third kappa shape index (κ3) is 20.3. The largest absolute Gasteiger partial charge is 1.00 e. The minimum absolute atomic E-state index is 0. The number of carbonyl (C=O) groups is 4. The summed E-state index contributed by atoms with van der Waals surface area (Å²) in [7, 11) is 0. The number of rotatable bonds is 11. The molecule has 13 heteroatoms. The van der Waals surface area contributed by atoms with Crippen molar-refractivity contribution >= 4 is 23.9 Å². The molecule has 0 rings (SSSR count). The van der Waals surface area contributed by atoms with Gasteiger partial charge in [-0.15, -0.1) is 0 Å². The van der Waals surface area contributed by atoms with Gasteiger partial charge >= 0.3 is 83.0 Å². The molecule has 0 aliphatic carbocycles. The average Bonchev–Trinajstić information content (AvgIpc) is 2.22. The molecule has 0 fully saturated rings.